The molecule has 1 atom stereocenters. The van der Waals surface area contributed by atoms with Crippen molar-refractivity contribution >= 4 is 11.9 Å². The molecule has 0 spiro atoms. The predicted molar refractivity (Wildman–Crippen MR) is 72.3 cm³/mol. The first-order chi connectivity index (χ1) is 9.65. The minimum absolute atomic E-state index is 0.145. The van der Waals surface area contributed by atoms with Crippen LogP contribution in [0.5, 0.6) is 0 Å². The van der Waals surface area contributed by atoms with Crippen molar-refractivity contribution in [2.75, 3.05) is 26.4 Å². The Morgan fingerprint density at radius 1 is 1.30 bits per heavy atom. The summed E-state index contributed by atoms with van der Waals surface area (Å²) in [7, 11) is 0. The number of hydrogen-bond donors (Lipinski definition) is 2. The topological polar surface area (TPSA) is 84.9 Å². The monoisotopic (exact) mass is 281 g/mol. The highest BCUT2D eigenvalue weighted by atomic mass is 16.5. The molecular weight excluding hydrogens is 262 g/mol. The first-order valence-corrected chi connectivity index (χ1v) is 6.39. The zero-order chi connectivity index (χ0) is 14.8. The number of carbonyl (C=O) groups is 2. The molecule has 0 aliphatic heterocycles. The maximum Gasteiger partial charge on any atom is 0.329 e. The third kappa shape index (κ3) is 5.81. The van der Waals surface area contributed by atoms with Crippen molar-refractivity contribution in [1.82, 2.24) is 5.32 Å². The van der Waals surface area contributed by atoms with Crippen LogP contribution in [0.15, 0.2) is 30.3 Å². The Balaban J connectivity index is 2.43. The van der Waals surface area contributed by atoms with Gasteiger partial charge in [0, 0.05) is 13.2 Å². The summed E-state index contributed by atoms with van der Waals surface area (Å²) >= 11 is 0. The van der Waals surface area contributed by atoms with E-state index in [-0.39, 0.29) is 25.7 Å². The number of carboxylic acid groups (broad SMARTS) is 1. The smallest absolute Gasteiger partial charge is 0.329 e. The summed E-state index contributed by atoms with van der Waals surface area (Å²) in [6.07, 6.45) is -0.666. The van der Waals surface area contributed by atoms with Gasteiger partial charge in [-0.3, -0.25) is 4.79 Å². The maximum absolute atomic E-state index is 12.0. The van der Waals surface area contributed by atoms with Crippen LogP contribution in [0.2, 0.25) is 0 Å². The third-order valence-corrected chi connectivity index (χ3v) is 2.44. The second-order valence-corrected chi connectivity index (χ2v) is 3.98. The van der Waals surface area contributed by atoms with E-state index in [1.54, 1.807) is 0 Å². The van der Waals surface area contributed by atoms with Gasteiger partial charge in [0.05, 0.1) is 6.61 Å². The molecule has 6 nitrogen and oxygen atoms in total. The Kier molecular flexibility index (Phi) is 7.31. The zero-order valence-electron chi connectivity index (χ0n) is 11.4. The molecular formula is C14H19NO5. The third-order valence-electron chi connectivity index (χ3n) is 2.44. The highest BCUT2D eigenvalue weighted by Gasteiger charge is 2.19. The number of ether oxygens (including phenoxy) is 2. The SMILES string of the molecule is CCOC(C(=O)NCCOCC(=O)O)c1ccccc1. The van der Waals surface area contributed by atoms with Gasteiger partial charge in [0.2, 0.25) is 0 Å². The Morgan fingerprint density at radius 2 is 2.00 bits per heavy atom. The average Bonchev–Trinajstić information content (AvgIpc) is 2.44. The molecule has 0 aliphatic rings. The van der Waals surface area contributed by atoms with Gasteiger partial charge in [-0.2, -0.15) is 0 Å². The van der Waals surface area contributed by atoms with Gasteiger partial charge in [-0.15, -0.1) is 0 Å². The van der Waals surface area contributed by atoms with Gasteiger partial charge < -0.3 is 19.9 Å². The number of carbonyl (C=O) groups excluding carboxylic acids is 1. The second-order valence-electron chi connectivity index (χ2n) is 3.98. The van der Waals surface area contributed by atoms with Crippen molar-refractivity contribution in [2.45, 2.75) is 13.0 Å². The molecule has 0 heterocycles. The summed E-state index contributed by atoms with van der Waals surface area (Å²) in [6, 6.07) is 9.18. The molecule has 110 valence electrons. The first-order valence-electron chi connectivity index (χ1n) is 6.39. The van der Waals surface area contributed by atoms with E-state index >= 15 is 0 Å². The zero-order valence-corrected chi connectivity index (χ0v) is 11.4. The van der Waals surface area contributed by atoms with Gasteiger partial charge in [0.1, 0.15) is 6.61 Å². The van der Waals surface area contributed by atoms with Gasteiger partial charge >= 0.3 is 5.97 Å². The Morgan fingerprint density at radius 3 is 2.60 bits per heavy atom. The quantitative estimate of drug-likeness (QED) is 0.659. The fourth-order valence-electron chi connectivity index (χ4n) is 1.62. The number of carboxylic acids is 1. The molecule has 0 fully saturated rings. The van der Waals surface area contributed by atoms with Crippen molar-refractivity contribution in [3.63, 3.8) is 0 Å². The highest BCUT2D eigenvalue weighted by Crippen LogP contribution is 2.16. The minimum Gasteiger partial charge on any atom is -0.480 e. The van der Waals surface area contributed by atoms with Gasteiger partial charge in [-0.05, 0) is 12.5 Å². The van der Waals surface area contributed by atoms with Gasteiger partial charge in [-0.25, -0.2) is 4.79 Å². The van der Waals surface area contributed by atoms with E-state index in [1.807, 2.05) is 37.3 Å². The number of amides is 1. The van der Waals surface area contributed by atoms with Crippen LogP contribution in [-0.2, 0) is 19.1 Å². The number of rotatable bonds is 9. The summed E-state index contributed by atoms with van der Waals surface area (Å²) in [6.45, 7) is 2.25. The molecule has 1 unspecified atom stereocenters. The van der Waals surface area contributed by atoms with E-state index in [2.05, 4.69) is 5.32 Å². The van der Waals surface area contributed by atoms with E-state index in [1.165, 1.54) is 0 Å². The molecule has 0 radical (unpaired) electrons. The number of hydrogen-bond acceptors (Lipinski definition) is 4. The van der Waals surface area contributed by atoms with Gasteiger partial charge in [0.15, 0.2) is 6.10 Å². The van der Waals surface area contributed by atoms with Crippen LogP contribution in [0.4, 0.5) is 0 Å². The molecule has 0 bridgehead atoms. The largest absolute Gasteiger partial charge is 0.480 e. The average molecular weight is 281 g/mol. The Hall–Kier alpha value is -1.92. The van der Waals surface area contributed by atoms with Crippen molar-refractivity contribution in [2.24, 2.45) is 0 Å². The van der Waals surface area contributed by atoms with Crippen LogP contribution in [0.25, 0.3) is 0 Å². The summed E-state index contributed by atoms with van der Waals surface area (Å²) in [4.78, 5) is 22.3. The summed E-state index contributed by atoms with van der Waals surface area (Å²) < 4.78 is 10.3. The summed E-state index contributed by atoms with van der Waals surface area (Å²) in [5.74, 6) is -1.30. The van der Waals surface area contributed by atoms with Crippen LogP contribution in [0.3, 0.4) is 0 Å². The standard InChI is InChI=1S/C14H19NO5/c1-2-20-13(11-6-4-3-5-7-11)14(18)15-8-9-19-10-12(16)17/h3-7,13H,2,8-10H2,1H3,(H,15,18)(H,16,17). The van der Waals surface area contributed by atoms with Crippen LogP contribution in [0, 0.1) is 0 Å². The van der Waals surface area contributed by atoms with E-state index in [4.69, 9.17) is 14.6 Å². The lowest BCUT2D eigenvalue weighted by Crippen LogP contribution is -2.33. The molecule has 1 rings (SSSR count). The molecule has 0 saturated heterocycles. The normalized spacial score (nSPS) is 11.8. The molecule has 1 aromatic rings. The molecule has 1 amide bonds. The Bertz CT molecular complexity index is 421. The predicted octanol–water partition coefficient (Wildman–Crippen LogP) is 0.982. The summed E-state index contributed by atoms with van der Waals surface area (Å²) in [5, 5.41) is 11.1. The van der Waals surface area contributed by atoms with Crippen molar-refractivity contribution in [1.29, 1.82) is 0 Å². The fraction of sp³-hybridized carbons (Fsp3) is 0.429. The van der Waals surface area contributed by atoms with Crippen molar-refractivity contribution < 1.29 is 24.2 Å². The number of nitrogens with one attached hydrogen (secondary N) is 1. The van der Waals surface area contributed by atoms with E-state index < -0.39 is 12.1 Å². The van der Waals surface area contributed by atoms with E-state index in [9.17, 15) is 9.59 Å². The molecule has 6 heteroatoms. The minimum atomic E-state index is -1.03. The summed E-state index contributed by atoms with van der Waals surface area (Å²) in [5.41, 5.74) is 0.776. The molecule has 0 saturated carbocycles. The molecule has 2 N–H and O–H groups in total. The lowest BCUT2D eigenvalue weighted by Gasteiger charge is -2.17. The van der Waals surface area contributed by atoms with Crippen LogP contribution in [0.1, 0.15) is 18.6 Å². The number of aliphatic carboxylic acids is 1. The molecule has 0 aliphatic carbocycles. The lowest BCUT2D eigenvalue weighted by atomic mass is 10.1. The van der Waals surface area contributed by atoms with E-state index in [0.29, 0.717) is 6.61 Å². The number of benzene rings is 1. The Labute approximate surface area is 117 Å². The molecule has 0 aromatic heterocycles. The lowest BCUT2D eigenvalue weighted by molar-refractivity contribution is -0.142. The second kappa shape index (κ2) is 9.06. The fourth-order valence-corrected chi connectivity index (χ4v) is 1.62. The maximum atomic E-state index is 12.0. The van der Waals surface area contributed by atoms with Gasteiger partial charge in [0.25, 0.3) is 5.91 Å². The van der Waals surface area contributed by atoms with Crippen LogP contribution >= 0.6 is 0 Å². The molecule has 1 aromatic carbocycles. The van der Waals surface area contributed by atoms with E-state index in [0.717, 1.165) is 5.56 Å². The molecule has 20 heavy (non-hydrogen) atoms. The van der Waals surface area contributed by atoms with Crippen molar-refractivity contribution in [3.8, 4) is 0 Å². The van der Waals surface area contributed by atoms with Gasteiger partial charge in [-0.1, -0.05) is 30.3 Å². The van der Waals surface area contributed by atoms with Crippen molar-refractivity contribution in [3.05, 3.63) is 35.9 Å². The van der Waals surface area contributed by atoms with Crippen LogP contribution < -0.4 is 5.32 Å². The highest BCUT2D eigenvalue weighted by molar-refractivity contribution is 5.82. The van der Waals surface area contributed by atoms with Crippen LogP contribution in [-0.4, -0.2) is 43.3 Å². The first kappa shape index (κ1) is 16.1.